The van der Waals surface area contributed by atoms with Crippen molar-refractivity contribution in [3.63, 3.8) is 0 Å². The maximum Gasteiger partial charge on any atom is 0.141 e. The number of Topliss-reactive ketones (excluding diaryl/α,β-unsaturated/α-hetero) is 1. The van der Waals surface area contributed by atoms with E-state index in [0.29, 0.717) is 5.56 Å². The van der Waals surface area contributed by atoms with Crippen LogP contribution in [0.3, 0.4) is 0 Å². The minimum Gasteiger partial charge on any atom is -0.299 e. The second-order valence-electron chi connectivity index (χ2n) is 4.27. The Kier molecular flexibility index (Phi) is 4.27. The van der Waals surface area contributed by atoms with Crippen molar-refractivity contribution in [3.8, 4) is 0 Å². The zero-order valence-electron chi connectivity index (χ0n) is 10.00. The van der Waals surface area contributed by atoms with Crippen molar-refractivity contribution >= 4 is 17.4 Å². The third kappa shape index (κ3) is 3.86. The summed E-state index contributed by atoms with van der Waals surface area (Å²) in [5, 5.41) is 0.00656. The summed E-state index contributed by atoms with van der Waals surface area (Å²) in [6, 6.07) is 10.00. The number of rotatable bonds is 4. The minimum absolute atomic E-state index is 0.00656. The summed E-state index contributed by atoms with van der Waals surface area (Å²) in [6.45, 7) is 0. The van der Waals surface area contributed by atoms with Gasteiger partial charge in [-0.15, -0.1) is 0 Å². The molecular weight excluding hydrogens is 270 g/mol. The smallest absolute Gasteiger partial charge is 0.141 e. The summed E-state index contributed by atoms with van der Waals surface area (Å²) in [7, 11) is 0. The van der Waals surface area contributed by atoms with Crippen molar-refractivity contribution in [1.29, 1.82) is 0 Å². The summed E-state index contributed by atoms with van der Waals surface area (Å²) >= 11 is 5.65. The molecule has 0 atom stereocenters. The Morgan fingerprint density at radius 2 is 1.53 bits per heavy atom. The third-order valence-electron chi connectivity index (χ3n) is 2.70. The maximum atomic E-state index is 13.0. The predicted molar refractivity (Wildman–Crippen MR) is 70.2 cm³/mol. The maximum absolute atomic E-state index is 13.0. The highest BCUT2D eigenvalue weighted by Gasteiger charge is 2.07. The van der Waals surface area contributed by atoms with E-state index in [9.17, 15) is 13.6 Å². The van der Waals surface area contributed by atoms with Crippen LogP contribution in [0.1, 0.15) is 11.1 Å². The molecule has 2 aromatic carbocycles. The summed E-state index contributed by atoms with van der Waals surface area (Å²) in [5.74, 6) is -0.868. The van der Waals surface area contributed by atoms with E-state index in [4.69, 9.17) is 11.6 Å². The van der Waals surface area contributed by atoms with Crippen LogP contribution >= 0.6 is 11.6 Å². The number of hydrogen-bond donors (Lipinski definition) is 0. The summed E-state index contributed by atoms with van der Waals surface area (Å²) < 4.78 is 25.7. The van der Waals surface area contributed by atoms with Gasteiger partial charge in [-0.2, -0.15) is 0 Å². The van der Waals surface area contributed by atoms with Gasteiger partial charge in [-0.3, -0.25) is 4.79 Å². The Balaban J connectivity index is 2.01. The quantitative estimate of drug-likeness (QED) is 0.828. The van der Waals surface area contributed by atoms with Gasteiger partial charge < -0.3 is 0 Å². The molecule has 0 aromatic heterocycles. The normalized spacial score (nSPS) is 10.5. The molecule has 0 radical (unpaired) electrons. The third-order valence-corrected chi connectivity index (χ3v) is 2.99. The first-order valence-corrected chi connectivity index (χ1v) is 6.12. The van der Waals surface area contributed by atoms with Crippen LogP contribution in [0, 0.1) is 11.6 Å². The largest absolute Gasteiger partial charge is 0.299 e. The molecule has 0 bridgehead atoms. The van der Waals surface area contributed by atoms with Crippen molar-refractivity contribution in [2.45, 2.75) is 12.8 Å². The van der Waals surface area contributed by atoms with E-state index in [-0.39, 0.29) is 29.5 Å². The van der Waals surface area contributed by atoms with Gasteiger partial charge in [0.1, 0.15) is 17.4 Å². The van der Waals surface area contributed by atoms with Crippen molar-refractivity contribution < 1.29 is 13.6 Å². The molecule has 19 heavy (non-hydrogen) atoms. The van der Waals surface area contributed by atoms with Crippen molar-refractivity contribution in [2.24, 2.45) is 0 Å². The van der Waals surface area contributed by atoms with E-state index in [1.54, 1.807) is 12.1 Å². The number of halogens is 3. The molecule has 2 aromatic rings. The fourth-order valence-electron chi connectivity index (χ4n) is 1.77. The van der Waals surface area contributed by atoms with Crippen molar-refractivity contribution in [3.05, 3.63) is 70.2 Å². The van der Waals surface area contributed by atoms with Gasteiger partial charge in [0.15, 0.2) is 0 Å². The highest BCUT2D eigenvalue weighted by Crippen LogP contribution is 2.17. The molecule has 0 saturated heterocycles. The van der Waals surface area contributed by atoms with Crippen LogP contribution in [0.4, 0.5) is 8.78 Å². The van der Waals surface area contributed by atoms with Crippen LogP contribution < -0.4 is 0 Å². The fraction of sp³-hybridized carbons (Fsp3) is 0.133. The summed E-state index contributed by atoms with van der Waals surface area (Å²) in [5.41, 5.74) is 1.41. The Hall–Kier alpha value is -1.74. The van der Waals surface area contributed by atoms with Crippen LogP contribution in [0.2, 0.25) is 5.02 Å². The van der Waals surface area contributed by atoms with Crippen LogP contribution in [0.5, 0.6) is 0 Å². The van der Waals surface area contributed by atoms with Gasteiger partial charge in [-0.1, -0.05) is 29.8 Å². The molecule has 0 N–H and O–H groups in total. The number of carbonyl (C=O) groups is 1. The van der Waals surface area contributed by atoms with Crippen molar-refractivity contribution in [1.82, 2.24) is 0 Å². The van der Waals surface area contributed by atoms with Crippen LogP contribution in [-0.4, -0.2) is 5.78 Å². The molecule has 0 spiro atoms. The standard InChI is InChI=1S/C15H11ClF2O/c16-14-9-11(3-6-15(14)18)8-13(19)7-10-1-4-12(17)5-2-10/h1-6,9H,7-8H2. The molecular formula is C15H11ClF2O. The van der Waals surface area contributed by atoms with Gasteiger partial charge in [0.05, 0.1) is 5.02 Å². The monoisotopic (exact) mass is 280 g/mol. The van der Waals surface area contributed by atoms with E-state index in [1.807, 2.05) is 0 Å². The Morgan fingerprint density at radius 3 is 2.16 bits per heavy atom. The molecule has 0 saturated carbocycles. The van der Waals surface area contributed by atoms with Crippen LogP contribution in [0.15, 0.2) is 42.5 Å². The van der Waals surface area contributed by atoms with E-state index in [1.165, 1.54) is 30.3 Å². The SMILES string of the molecule is O=C(Cc1ccc(F)cc1)Cc1ccc(F)c(Cl)c1. The lowest BCUT2D eigenvalue weighted by atomic mass is 10.0. The van der Waals surface area contributed by atoms with Gasteiger partial charge in [-0.05, 0) is 35.4 Å². The number of carbonyl (C=O) groups excluding carboxylic acids is 1. The average Bonchev–Trinajstić information content (AvgIpc) is 2.37. The average molecular weight is 281 g/mol. The second-order valence-corrected chi connectivity index (χ2v) is 4.67. The molecule has 0 unspecified atom stereocenters. The predicted octanol–water partition coefficient (Wildman–Crippen LogP) is 3.97. The van der Waals surface area contributed by atoms with E-state index >= 15 is 0 Å². The first-order chi connectivity index (χ1) is 9.04. The van der Waals surface area contributed by atoms with E-state index < -0.39 is 5.82 Å². The molecule has 0 aliphatic heterocycles. The van der Waals surface area contributed by atoms with Crippen LogP contribution in [-0.2, 0) is 17.6 Å². The molecule has 0 aliphatic rings. The first-order valence-electron chi connectivity index (χ1n) is 5.74. The zero-order chi connectivity index (χ0) is 13.8. The Bertz CT molecular complexity index is 594. The number of hydrogen-bond acceptors (Lipinski definition) is 1. The lowest BCUT2D eigenvalue weighted by Crippen LogP contribution is -2.06. The molecule has 98 valence electrons. The van der Waals surface area contributed by atoms with Gasteiger partial charge in [-0.25, -0.2) is 8.78 Å². The zero-order valence-corrected chi connectivity index (χ0v) is 10.8. The van der Waals surface area contributed by atoms with Gasteiger partial charge >= 0.3 is 0 Å². The minimum atomic E-state index is -0.503. The Labute approximate surface area is 114 Å². The topological polar surface area (TPSA) is 17.1 Å². The first kappa shape index (κ1) is 13.7. The molecule has 2 rings (SSSR count). The Morgan fingerprint density at radius 1 is 0.947 bits per heavy atom. The lowest BCUT2D eigenvalue weighted by molar-refractivity contribution is -0.117. The fourth-order valence-corrected chi connectivity index (χ4v) is 1.97. The summed E-state index contributed by atoms with van der Waals surface area (Å²) in [6.07, 6.45) is 0.395. The molecule has 0 heterocycles. The summed E-state index contributed by atoms with van der Waals surface area (Å²) in [4.78, 5) is 11.8. The molecule has 0 amide bonds. The van der Waals surface area contributed by atoms with Crippen LogP contribution in [0.25, 0.3) is 0 Å². The van der Waals surface area contributed by atoms with E-state index in [0.717, 1.165) is 5.56 Å². The van der Waals surface area contributed by atoms with E-state index in [2.05, 4.69) is 0 Å². The van der Waals surface area contributed by atoms with Gasteiger partial charge in [0, 0.05) is 12.8 Å². The number of ketones is 1. The molecule has 4 heteroatoms. The molecule has 0 fully saturated rings. The van der Waals surface area contributed by atoms with Gasteiger partial charge in [0.2, 0.25) is 0 Å². The highest BCUT2D eigenvalue weighted by atomic mass is 35.5. The lowest BCUT2D eigenvalue weighted by Gasteiger charge is -2.03. The second kappa shape index (κ2) is 5.93. The highest BCUT2D eigenvalue weighted by molar-refractivity contribution is 6.30. The molecule has 1 nitrogen and oxygen atoms in total. The van der Waals surface area contributed by atoms with Gasteiger partial charge in [0.25, 0.3) is 0 Å². The van der Waals surface area contributed by atoms with Crippen molar-refractivity contribution in [2.75, 3.05) is 0 Å². The molecule has 0 aliphatic carbocycles. The number of benzene rings is 2.